The lowest BCUT2D eigenvalue weighted by Gasteiger charge is -2.02. The first-order valence-corrected chi connectivity index (χ1v) is 5.36. The molecule has 0 saturated carbocycles. The molecule has 0 aromatic heterocycles. The molecule has 1 unspecified atom stereocenters. The number of halogens is 3. The molecule has 0 N–H and O–H groups in total. The Bertz CT molecular complexity index is 69.3. The zero-order valence-corrected chi connectivity index (χ0v) is 8.88. The third-order valence-corrected chi connectivity index (χ3v) is 2.41. The van der Waals surface area contributed by atoms with Gasteiger partial charge in [-0.15, -0.1) is 11.6 Å². The van der Waals surface area contributed by atoms with Crippen LogP contribution in [0, 0.1) is 0 Å². The van der Waals surface area contributed by atoms with Gasteiger partial charge in [-0.3, -0.25) is 0 Å². The summed E-state index contributed by atoms with van der Waals surface area (Å²) < 4.78 is 4.89. The average Bonchev–Trinajstić information content (AvgIpc) is 1.79. The molecular weight excluding hydrogens is 210 g/mol. The molecule has 2 radical (unpaired) electrons. The maximum atomic E-state index is 5.68. The first kappa shape index (κ1) is 11.0. The Morgan fingerprint density at radius 1 is 1.40 bits per heavy atom. The zero-order valence-electron chi connectivity index (χ0n) is 5.61. The maximum Gasteiger partial charge on any atom is 0.233 e. The second kappa shape index (κ2) is 6.74. The van der Waals surface area contributed by atoms with Crippen LogP contribution < -0.4 is 0 Å². The summed E-state index contributed by atoms with van der Waals surface area (Å²) in [5.74, 6) is 0. The Morgan fingerprint density at radius 2 is 2.00 bits per heavy atom. The van der Waals surface area contributed by atoms with Crippen molar-refractivity contribution in [3.05, 3.63) is 0 Å². The monoisotopic (exact) mass is 218 g/mol. The Kier molecular flexibility index (Phi) is 7.44. The number of hydrogen-bond donors (Lipinski definition) is 0. The van der Waals surface area contributed by atoms with E-state index < -0.39 is 5.02 Å². The van der Waals surface area contributed by atoms with E-state index in [1.165, 1.54) is 0 Å². The summed E-state index contributed by atoms with van der Waals surface area (Å²) in [4.78, 5) is 0. The van der Waals surface area contributed by atoms with Crippen molar-refractivity contribution in [2.75, 3.05) is 0 Å². The molecule has 1 nitrogen and oxygen atoms in total. The molecule has 0 amide bonds. The molecule has 0 aromatic rings. The molecule has 0 saturated heterocycles. The fourth-order valence-corrected chi connectivity index (χ4v) is 1.84. The van der Waals surface area contributed by atoms with E-state index in [1.54, 1.807) is 0 Å². The second-order valence-corrected chi connectivity index (χ2v) is 4.63. The molecule has 0 fully saturated rings. The summed E-state index contributed by atoms with van der Waals surface area (Å²) >= 11 is 16.3. The largest absolute Gasteiger partial charge is 0.390 e. The van der Waals surface area contributed by atoms with Gasteiger partial charge < -0.3 is 4.43 Å². The third-order valence-electron chi connectivity index (χ3n) is 0.817. The van der Waals surface area contributed by atoms with E-state index in [4.69, 9.17) is 39.2 Å². The van der Waals surface area contributed by atoms with Crippen LogP contribution in [0.15, 0.2) is 0 Å². The van der Waals surface area contributed by atoms with Gasteiger partial charge in [-0.2, -0.15) is 0 Å². The lowest BCUT2D eigenvalue weighted by Crippen LogP contribution is -2.04. The number of alkyl halides is 3. The highest BCUT2D eigenvalue weighted by atomic mass is 35.5. The molecule has 5 heteroatoms. The van der Waals surface area contributed by atoms with Gasteiger partial charge in [-0.05, 0) is 19.4 Å². The van der Waals surface area contributed by atoms with E-state index in [0.717, 1.165) is 12.5 Å². The van der Waals surface area contributed by atoms with Crippen molar-refractivity contribution in [1.29, 1.82) is 0 Å². The number of hydrogen-bond acceptors (Lipinski definition) is 1. The van der Waals surface area contributed by atoms with E-state index >= 15 is 0 Å². The Morgan fingerprint density at radius 3 is 2.40 bits per heavy atom. The topological polar surface area (TPSA) is 9.23 Å². The molecule has 0 rings (SSSR count). The molecule has 0 spiro atoms. The van der Waals surface area contributed by atoms with Crippen LogP contribution in [-0.4, -0.2) is 20.2 Å². The van der Waals surface area contributed by atoms with E-state index in [9.17, 15) is 0 Å². The smallest absolute Gasteiger partial charge is 0.233 e. The normalized spacial score (nSPS) is 14.1. The van der Waals surface area contributed by atoms with Gasteiger partial charge in [0.2, 0.25) is 9.76 Å². The van der Waals surface area contributed by atoms with Crippen LogP contribution in [0.2, 0.25) is 6.04 Å². The van der Waals surface area contributed by atoms with Crippen LogP contribution in [0.1, 0.15) is 13.3 Å². The lowest BCUT2D eigenvalue weighted by atomic mass is 10.4. The predicted octanol–water partition coefficient (Wildman–Crippen LogP) is 2.82. The molecule has 0 aromatic carbocycles. The molecule has 0 aliphatic carbocycles. The highest BCUT2D eigenvalue weighted by Gasteiger charge is 2.01. The van der Waals surface area contributed by atoms with E-state index in [1.807, 2.05) is 6.92 Å². The van der Waals surface area contributed by atoms with Gasteiger partial charge >= 0.3 is 0 Å². The van der Waals surface area contributed by atoms with Crippen molar-refractivity contribution >= 4 is 44.6 Å². The molecule has 0 bridgehead atoms. The Balaban J connectivity index is 2.91. The van der Waals surface area contributed by atoms with E-state index in [-0.39, 0.29) is 5.38 Å². The fourth-order valence-electron chi connectivity index (χ4n) is 0.380. The first-order chi connectivity index (χ1) is 4.63. The van der Waals surface area contributed by atoms with Crippen molar-refractivity contribution in [3.63, 3.8) is 0 Å². The van der Waals surface area contributed by atoms with Crippen LogP contribution in [0.5, 0.6) is 0 Å². The van der Waals surface area contributed by atoms with Gasteiger partial charge in [0, 0.05) is 5.38 Å². The molecule has 1 atom stereocenters. The molecule has 60 valence electrons. The Labute approximate surface area is 78.9 Å². The summed E-state index contributed by atoms with van der Waals surface area (Å²) in [5.41, 5.74) is 0. The van der Waals surface area contributed by atoms with Crippen LogP contribution in [0.4, 0.5) is 0 Å². The minimum absolute atomic E-state index is 0.209. The minimum Gasteiger partial charge on any atom is -0.390 e. The van der Waals surface area contributed by atoms with Crippen LogP contribution in [-0.2, 0) is 4.43 Å². The summed E-state index contributed by atoms with van der Waals surface area (Å²) in [6.45, 7) is 1.95. The molecule has 0 aliphatic heterocycles. The zero-order chi connectivity index (χ0) is 7.98. The summed E-state index contributed by atoms with van der Waals surface area (Å²) in [6, 6.07) is 0.931. The van der Waals surface area contributed by atoms with Crippen LogP contribution >= 0.6 is 34.8 Å². The van der Waals surface area contributed by atoms with Gasteiger partial charge in [0.05, 0.1) is 0 Å². The van der Waals surface area contributed by atoms with Gasteiger partial charge in [0.1, 0.15) is 0 Å². The molecular formula is C5H9Cl3OSi. The summed E-state index contributed by atoms with van der Waals surface area (Å²) in [5, 5.41) is -0.482. The van der Waals surface area contributed by atoms with Crippen molar-refractivity contribution < 1.29 is 4.43 Å². The van der Waals surface area contributed by atoms with Gasteiger partial charge in [0.15, 0.2) is 5.02 Å². The van der Waals surface area contributed by atoms with E-state index in [0.29, 0.717) is 9.76 Å². The highest BCUT2D eigenvalue weighted by molar-refractivity contribution is 6.45. The van der Waals surface area contributed by atoms with Gasteiger partial charge in [-0.25, -0.2) is 0 Å². The van der Waals surface area contributed by atoms with Gasteiger partial charge in [-0.1, -0.05) is 23.2 Å². The summed E-state index contributed by atoms with van der Waals surface area (Å²) in [6.07, 6.45) is 0.945. The van der Waals surface area contributed by atoms with Gasteiger partial charge in [0.25, 0.3) is 0 Å². The third kappa shape index (κ3) is 9.05. The van der Waals surface area contributed by atoms with Crippen LogP contribution in [0.3, 0.4) is 0 Å². The predicted molar refractivity (Wildman–Crippen MR) is 47.1 cm³/mol. The van der Waals surface area contributed by atoms with Crippen LogP contribution in [0.25, 0.3) is 0 Å². The second-order valence-electron chi connectivity index (χ2n) is 1.84. The molecule has 10 heavy (non-hydrogen) atoms. The average molecular weight is 220 g/mol. The SMILES string of the molecule is CC(Cl)CC[Si]OC(Cl)Cl. The fraction of sp³-hybridized carbons (Fsp3) is 1.00. The highest BCUT2D eigenvalue weighted by Crippen LogP contribution is 2.07. The van der Waals surface area contributed by atoms with Crippen molar-refractivity contribution in [2.24, 2.45) is 0 Å². The molecule has 0 aliphatic rings. The summed E-state index contributed by atoms with van der Waals surface area (Å²) in [7, 11) is 0.357. The first-order valence-electron chi connectivity index (χ1n) is 2.93. The van der Waals surface area contributed by atoms with Crippen molar-refractivity contribution in [2.45, 2.75) is 29.8 Å². The maximum absolute atomic E-state index is 5.68. The minimum atomic E-state index is -0.691. The Hall–Kier alpha value is 1.05. The van der Waals surface area contributed by atoms with Crippen molar-refractivity contribution in [1.82, 2.24) is 0 Å². The standard InChI is InChI=1S/C5H9Cl3OSi/c1-4(6)2-3-10-9-5(7)8/h4-5H,2-3H2,1H3. The molecule has 0 heterocycles. The quantitative estimate of drug-likeness (QED) is 0.393. The lowest BCUT2D eigenvalue weighted by molar-refractivity contribution is 0.374. The van der Waals surface area contributed by atoms with E-state index in [2.05, 4.69) is 0 Å². The number of rotatable bonds is 5. The van der Waals surface area contributed by atoms with Crippen molar-refractivity contribution in [3.8, 4) is 0 Å².